The van der Waals surface area contributed by atoms with Gasteiger partial charge in [0.2, 0.25) is 5.91 Å². The molecule has 0 N–H and O–H groups in total. The average molecular weight is 316 g/mol. The Labute approximate surface area is 139 Å². The van der Waals surface area contributed by atoms with Crippen LogP contribution in [-0.2, 0) is 16.1 Å². The van der Waals surface area contributed by atoms with Crippen molar-refractivity contribution in [1.82, 2.24) is 9.80 Å². The molecule has 126 valence electrons. The standard InChI is InChI=1S/C19H28N2O2/c1-15(2)21-13-19(10-18(21)22)12-20(8-9-23-14-19)11-17-7-5-4-6-16(17)3/h4-7,15H,8-14H2,1-3H3. The van der Waals surface area contributed by atoms with E-state index in [4.69, 9.17) is 4.74 Å². The summed E-state index contributed by atoms with van der Waals surface area (Å²) in [6.45, 7) is 11.5. The molecule has 0 aliphatic carbocycles. The van der Waals surface area contributed by atoms with E-state index in [1.807, 2.05) is 4.90 Å². The Morgan fingerprint density at radius 2 is 2.04 bits per heavy atom. The molecule has 4 nitrogen and oxygen atoms in total. The molecule has 0 bridgehead atoms. The number of carbonyl (C=O) groups is 1. The van der Waals surface area contributed by atoms with Crippen LogP contribution in [0.2, 0.25) is 0 Å². The van der Waals surface area contributed by atoms with Crippen LogP contribution >= 0.6 is 0 Å². The van der Waals surface area contributed by atoms with E-state index in [0.717, 1.165) is 32.8 Å². The largest absolute Gasteiger partial charge is 0.379 e. The quantitative estimate of drug-likeness (QED) is 0.859. The summed E-state index contributed by atoms with van der Waals surface area (Å²) in [5.41, 5.74) is 2.66. The number of hydrogen-bond acceptors (Lipinski definition) is 3. The Balaban J connectivity index is 1.74. The normalized spacial score (nSPS) is 26.3. The number of ether oxygens (including phenoxy) is 1. The molecule has 1 atom stereocenters. The number of amides is 1. The van der Waals surface area contributed by atoms with Gasteiger partial charge < -0.3 is 9.64 Å². The smallest absolute Gasteiger partial charge is 0.223 e. The third-order valence-electron chi connectivity index (χ3n) is 5.15. The van der Waals surface area contributed by atoms with Crippen LogP contribution in [-0.4, -0.2) is 54.6 Å². The van der Waals surface area contributed by atoms with Crippen molar-refractivity contribution in [1.29, 1.82) is 0 Å². The first-order valence-electron chi connectivity index (χ1n) is 8.63. The van der Waals surface area contributed by atoms with Gasteiger partial charge in [-0.2, -0.15) is 0 Å². The van der Waals surface area contributed by atoms with Gasteiger partial charge in [-0.15, -0.1) is 0 Å². The van der Waals surface area contributed by atoms with Gasteiger partial charge in [-0.05, 0) is 31.9 Å². The topological polar surface area (TPSA) is 32.8 Å². The Hall–Kier alpha value is -1.39. The molecule has 2 aliphatic rings. The van der Waals surface area contributed by atoms with Crippen LogP contribution in [0.1, 0.15) is 31.4 Å². The van der Waals surface area contributed by atoms with Crippen LogP contribution in [0.5, 0.6) is 0 Å². The highest BCUT2D eigenvalue weighted by molar-refractivity contribution is 5.79. The number of nitrogens with zero attached hydrogens (tertiary/aromatic N) is 2. The summed E-state index contributed by atoms with van der Waals surface area (Å²) in [4.78, 5) is 16.9. The average Bonchev–Trinajstić information content (AvgIpc) is 2.70. The van der Waals surface area contributed by atoms with Gasteiger partial charge in [-0.25, -0.2) is 0 Å². The van der Waals surface area contributed by atoms with Crippen molar-refractivity contribution in [2.24, 2.45) is 5.41 Å². The zero-order valence-electron chi connectivity index (χ0n) is 14.5. The second kappa shape index (κ2) is 6.62. The fourth-order valence-corrected chi connectivity index (χ4v) is 3.85. The summed E-state index contributed by atoms with van der Waals surface area (Å²) in [7, 11) is 0. The van der Waals surface area contributed by atoms with Gasteiger partial charge >= 0.3 is 0 Å². The van der Waals surface area contributed by atoms with E-state index in [9.17, 15) is 4.79 Å². The highest BCUT2D eigenvalue weighted by Gasteiger charge is 2.46. The minimum atomic E-state index is -0.0411. The van der Waals surface area contributed by atoms with Crippen LogP contribution in [0.25, 0.3) is 0 Å². The molecule has 1 aromatic rings. The Bertz CT molecular complexity index is 572. The first-order valence-corrected chi connectivity index (χ1v) is 8.63. The molecule has 1 spiro atoms. The van der Waals surface area contributed by atoms with E-state index >= 15 is 0 Å². The van der Waals surface area contributed by atoms with Crippen LogP contribution in [0.15, 0.2) is 24.3 Å². The molecule has 0 radical (unpaired) electrons. The molecular weight excluding hydrogens is 288 g/mol. The molecular formula is C19H28N2O2. The van der Waals surface area contributed by atoms with Gasteiger partial charge in [-0.1, -0.05) is 24.3 Å². The number of benzene rings is 1. The molecule has 4 heteroatoms. The Morgan fingerprint density at radius 1 is 1.26 bits per heavy atom. The predicted octanol–water partition coefficient (Wildman–Crippen LogP) is 2.45. The van der Waals surface area contributed by atoms with Gasteiger partial charge in [0.05, 0.1) is 13.2 Å². The number of rotatable bonds is 3. The van der Waals surface area contributed by atoms with E-state index in [1.54, 1.807) is 0 Å². The highest BCUT2D eigenvalue weighted by atomic mass is 16.5. The molecule has 0 aromatic heterocycles. The maximum Gasteiger partial charge on any atom is 0.223 e. The first-order chi connectivity index (χ1) is 11.0. The van der Waals surface area contributed by atoms with Gasteiger partial charge in [-0.3, -0.25) is 9.69 Å². The summed E-state index contributed by atoms with van der Waals surface area (Å²) in [5.74, 6) is 0.279. The molecule has 1 unspecified atom stereocenters. The second-order valence-corrected chi connectivity index (χ2v) is 7.48. The number of aryl methyl sites for hydroxylation is 1. The minimum absolute atomic E-state index is 0.0411. The Kier molecular flexibility index (Phi) is 4.74. The zero-order valence-corrected chi connectivity index (χ0v) is 14.5. The molecule has 2 fully saturated rings. The lowest BCUT2D eigenvalue weighted by molar-refractivity contribution is -0.129. The first kappa shape index (κ1) is 16.5. The lowest BCUT2D eigenvalue weighted by Gasteiger charge is -2.32. The van der Waals surface area contributed by atoms with Crippen molar-refractivity contribution in [2.75, 3.05) is 32.8 Å². The fourth-order valence-electron chi connectivity index (χ4n) is 3.85. The lowest BCUT2D eigenvalue weighted by atomic mass is 9.87. The highest BCUT2D eigenvalue weighted by Crippen LogP contribution is 2.35. The molecule has 1 amide bonds. The molecule has 0 saturated carbocycles. The van der Waals surface area contributed by atoms with Gasteiger partial charge in [0.15, 0.2) is 0 Å². The molecule has 23 heavy (non-hydrogen) atoms. The SMILES string of the molecule is Cc1ccccc1CN1CCOCC2(CC(=O)N(C(C)C)C2)C1. The summed E-state index contributed by atoms with van der Waals surface area (Å²) in [6, 6.07) is 8.83. The van der Waals surface area contributed by atoms with Crippen molar-refractivity contribution in [2.45, 2.75) is 39.8 Å². The number of carbonyl (C=O) groups excluding carboxylic acids is 1. The van der Waals surface area contributed by atoms with Gasteiger partial charge in [0, 0.05) is 44.1 Å². The number of hydrogen-bond donors (Lipinski definition) is 0. The van der Waals surface area contributed by atoms with Crippen molar-refractivity contribution >= 4 is 5.91 Å². The molecule has 2 saturated heterocycles. The van der Waals surface area contributed by atoms with Crippen LogP contribution in [0, 0.1) is 12.3 Å². The Morgan fingerprint density at radius 3 is 2.74 bits per heavy atom. The third-order valence-corrected chi connectivity index (χ3v) is 5.15. The van der Waals surface area contributed by atoms with Crippen molar-refractivity contribution in [3.8, 4) is 0 Å². The van der Waals surface area contributed by atoms with Gasteiger partial charge in [0.25, 0.3) is 0 Å². The van der Waals surface area contributed by atoms with Crippen LogP contribution in [0.4, 0.5) is 0 Å². The number of likely N-dealkylation sites (tertiary alicyclic amines) is 1. The van der Waals surface area contributed by atoms with E-state index in [0.29, 0.717) is 13.0 Å². The molecule has 3 rings (SSSR count). The fraction of sp³-hybridized carbons (Fsp3) is 0.632. The van der Waals surface area contributed by atoms with Crippen molar-refractivity contribution < 1.29 is 9.53 Å². The van der Waals surface area contributed by atoms with Crippen molar-refractivity contribution in [3.63, 3.8) is 0 Å². The summed E-state index contributed by atoms with van der Waals surface area (Å²) in [5, 5.41) is 0. The molecule has 2 aliphatic heterocycles. The van der Waals surface area contributed by atoms with E-state index in [2.05, 4.69) is 49.9 Å². The lowest BCUT2D eigenvalue weighted by Crippen LogP contribution is -2.41. The van der Waals surface area contributed by atoms with Crippen LogP contribution in [0.3, 0.4) is 0 Å². The molecule has 1 aromatic carbocycles. The van der Waals surface area contributed by atoms with E-state index < -0.39 is 0 Å². The summed E-state index contributed by atoms with van der Waals surface area (Å²) >= 11 is 0. The minimum Gasteiger partial charge on any atom is -0.379 e. The third kappa shape index (κ3) is 3.59. The van der Waals surface area contributed by atoms with E-state index in [1.165, 1.54) is 11.1 Å². The van der Waals surface area contributed by atoms with E-state index in [-0.39, 0.29) is 17.4 Å². The predicted molar refractivity (Wildman–Crippen MR) is 91.2 cm³/mol. The molecule has 2 heterocycles. The summed E-state index contributed by atoms with van der Waals surface area (Å²) < 4.78 is 5.89. The zero-order chi connectivity index (χ0) is 16.4. The van der Waals surface area contributed by atoms with Crippen molar-refractivity contribution in [3.05, 3.63) is 35.4 Å². The maximum atomic E-state index is 12.4. The van der Waals surface area contributed by atoms with Crippen LogP contribution < -0.4 is 0 Å². The second-order valence-electron chi connectivity index (χ2n) is 7.48. The maximum absolute atomic E-state index is 12.4. The summed E-state index contributed by atoms with van der Waals surface area (Å²) in [6.07, 6.45) is 0.620. The monoisotopic (exact) mass is 316 g/mol. The van der Waals surface area contributed by atoms with Gasteiger partial charge in [0.1, 0.15) is 0 Å².